The third kappa shape index (κ3) is 1.40. The van der Waals surface area contributed by atoms with Crippen molar-refractivity contribution in [2.24, 2.45) is 0 Å². The lowest BCUT2D eigenvalue weighted by Gasteiger charge is -2.04. The van der Waals surface area contributed by atoms with Crippen LogP contribution in [0, 0.1) is 13.8 Å². The van der Waals surface area contributed by atoms with E-state index in [2.05, 4.69) is 11.6 Å². The fraction of sp³-hybridized carbons (Fsp3) is 0.222. The molecule has 0 aliphatic rings. The molecule has 1 rings (SSSR count). The van der Waals surface area contributed by atoms with Crippen molar-refractivity contribution >= 4 is 11.9 Å². The van der Waals surface area contributed by atoms with Crippen LogP contribution in [0.25, 0.3) is 6.08 Å². The van der Waals surface area contributed by atoms with Crippen molar-refractivity contribution in [3.05, 3.63) is 29.5 Å². The van der Waals surface area contributed by atoms with Gasteiger partial charge in [-0.05, 0) is 25.5 Å². The first kappa shape index (κ1) is 7.79. The molecule has 2 heteroatoms. The monoisotopic (exact) mass is 148 g/mol. The highest BCUT2D eigenvalue weighted by Gasteiger charge is 2.00. The molecule has 1 aromatic rings. The van der Waals surface area contributed by atoms with Gasteiger partial charge in [0.15, 0.2) is 0 Å². The lowest BCUT2D eigenvalue weighted by atomic mass is 10.1. The molecule has 11 heavy (non-hydrogen) atoms. The van der Waals surface area contributed by atoms with E-state index in [-0.39, 0.29) is 0 Å². The summed E-state index contributed by atoms with van der Waals surface area (Å²) in [5.41, 5.74) is 8.67. The van der Waals surface area contributed by atoms with Crippen LogP contribution >= 0.6 is 0 Å². The van der Waals surface area contributed by atoms with Gasteiger partial charge >= 0.3 is 0 Å². The lowest BCUT2D eigenvalue weighted by molar-refractivity contribution is 1.18. The Labute approximate surface area is 66.8 Å². The Morgan fingerprint density at radius 1 is 1.55 bits per heavy atom. The molecule has 2 N–H and O–H groups in total. The number of rotatable bonds is 1. The van der Waals surface area contributed by atoms with Crippen LogP contribution < -0.4 is 5.73 Å². The largest absolute Gasteiger partial charge is 0.383 e. The molecule has 1 heterocycles. The van der Waals surface area contributed by atoms with Gasteiger partial charge in [-0.15, -0.1) is 0 Å². The normalized spacial score (nSPS) is 9.64. The number of aromatic nitrogens is 1. The van der Waals surface area contributed by atoms with Crippen molar-refractivity contribution in [3.8, 4) is 0 Å². The van der Waals surface area contributed by atoms with Crippen LogP contribution in [0.5, 0.6) is 0 Å². The van der Waals surface area contributed by atoms with E-state index >= 15 is 0 Å². The first-order chi connectivity index (χ1) is 5.15. The molecule has 0 aromatic carbocycles. The topological polar surface area (TPSA) is 38.9 Å². The number of hydrogen-bond donors (Lipinski definition) is 1. The summed E-state index contributed by atoms with van der Waals surface area (Å²) in [7, 11) is 0. The fourth-order valence-corrected chi connectivity index (χ4v) is 1.14. The van der Waals surface area contributed by atoms with Crippen LogP contribution in [0.2, 0.25) is 0 Å². The summed E-state index contributed by atoms with van der Waals surface area (Å²) in [6, 6.07) is 1.99. The average Bonchev–Trinajstić information content (AvgIpc) is 1.85. The highest BCUT2D eigenvalue weighted by molar-refractivity contribution is 5.63. The van der Waals surface area contributed by atoms with Gasteiger partial charge in [-0.25, -0.2) is 4.98 Å². The molecule has 0 atom stereocenters. The van der Waals surface area contributed by atoms with Gasteiger partial charge in [0.05, 0.1) is 0 Å². The maximum atomic E-state index is 5.65. The quantitative estimate of drug-likeness (QED) is 0.660. The second kappa shape index (κ2) is 2.74. The minimum absolute atomic E-state index is 0.567. The molecule has 58 valence electrons. The smallest absolute Gasteiger partial charge is 0.131 e. The molecule has 2 nitrogen and oxygen atoms in total. The molecule has 0 saturated carbocycles. The number of hydrogen-bond acceptors (Lipinski definition) is 2. The summed E-state index contributed by atoms with van der Waals surface area (Å²) in [4.78, 5) is 4.11. The summed E-state index contributed by atoms with van der Waals surface area (Å²) in [6.45, 7) is 7.59. The van der Waals surface area contributed by atoms with E-state index in [9.17, 15) is 0 Å². The van der Waals surface area contributed by atoms with E-state index in [0.717, 1.165) is 16.8 Å². The number of nitrogens with zero attached hydrogens (tertiary/aromatic N) is 1. The summed E-state index contributed by atoms with van der Waals surface area (Å²) in [6.07, 6.45) is 1.73. The van der Waals surface area contributed by atoms with Crippen molar-refractivity contribution < 1.29 is 0 Å². The Morgan fingerprint density at radius 3 is 2.64 bits per heavy atom. The molecular formula is C9H12N2. The molecule has 0 aliphatic carbocycles. The summed E-state index contributed by atoms with van der Waals surface area (Å²) in [5.74, 6) is 0.567. The third-order valence-electron chi connectivity index (χ3n) is 1.63. The van der Waals surface area contributed by atoms with E-state index in [0.29, 0.717) is 5.82 Å². The minimum atomic E-state index is 0.567. The first-order valence-electron chi connectivity index (χ1n) is 3.51. The Morgan fingerprint density at radius 2 is 2.18 bits per heavy atom. The molecule has 0 radical (unpaired) electrons. The van der Waals surface area contributed by atoms with Crippen LogP contribution in [0.1, 0.15) is 16.8 Å². The van der Waals surface area contributed by atoms with Crippen molar-refractivity contribution in [3.63, 3.8) is 0 Å². The summed E-state index contributed by atoms with van der Waals surface area (Å²) in [5, 5.41) is 0. The zero-order valence-electron chi connectivity index (χ0n) is 6.89. The molecule has 0 saturated heterocycles. The molecule has 0 aliphatic heterocycles. The minimum Gasteiger partial charge on any atom is -0.383 e. The van der Waals surface area contributed by atoms with Gasteiger partial charge in [-0.2, -0.15) is 0 Å². The standard InChI is InChI=1S/C9H12N2/c1-4-8-6(2)5-7(3)11-9(8)10/h4-5H,1H2,2-3H3,(H2,10,11). The van der Waals surface area contributed by atoms with Gasteiger partial charge in [0.2, 0.25) is 0 Å². The fourth-order valence-electron chi connectivity index (χ4n) is 1.14. The van der Waals surface area contributed by atoms with Gasteiger partial charge in [0, 0.05) is 11.3 Å². The lowest BCUT2D eigenvalue weighted by Crippen LogP contribution is -1.97. The Kier molecular flexibility index (Phi) is 1.94. The molecule has 0 spiro atoms. The summed E-state index contributed by atoms with van der Waals surface area (Å²) >= 11 is 0. The summed E-state index contributed by atoms with van der Waals surface area (Å²) < 4.78 is 0. The molecule has 1 aromatic heterocycles. The van der Waals surface area contributed by atoms with Crippen LogP contribution in [0.15, 0.2) is 12.6 Å². The molecule has 0 amide bonds. The van der Waals surface area contributed by atoms with Crippen LogP contribution in [-0.2, 0) is 0 Å². The van der Waals surface area contributed by atoms with Crippen LogP contribution in [0.4, 0.5) is 5.82 Å². The Bertz CT molecular complexity index is 267. The zero-order chi connectivity index (χ0) is 8.43. The molecule has 0 fully saturated rings. The van der Waals surface area contributed by atoms with Crippen LogP contribution in [-0.4, -0.2) is 4.98 Å². The van der Waals surface area contributed by atoms with Gasteiger partial charge in [0.1, 0.15) is 5.82 Å². The van der Waals surface area contributed by atoms with Crippen molar-refractivity contribution in [1.29, 1.82) is 0 Å². The Balaban J connectivity index is 3.36. The van der Waals surface area contributed by atoms with Gasteiger partial charge in [-0.3, -0.25) is 0 Å². The first-order valence-corrected chi connectivity index (χ1v) is 3.51. The maximum absolute atomic E-state index is 5.65. The number of nitrogens with two attached hydrogens (primary N) is 1. The number of nitrogen functional groups attached to an aromatic ring is 1. The zero-order valence-corrected chi connectivity index (χ0v) is 6.89. The van der Waals surface area contributed by atoms with Crippen molar-refractivity contribution in [2.75, 3.05) is 5.73 Å². The van der Waals surface area contributed by atoms with E-state index in [4.69, 9.17) is 5.73 Å². The Hall–Kier alpha value is -1.31. The average molecular weight is 148 g/mol. The highest BCUT2D eigenvalue weighted by Crippen LogP contribution is 2.16. The second-order valence-corrected chi connectivity index (χ2v) is 2.58. The molecule has 0 bridgehead atoms. The van der Waals surface area contributed by atoms with E-state index in [1.165, 1.54) is 0 Å². The van der Waals surface area contributed by atoms with Crippen LogP contribution in [0.3, 0.4) is 0 Å². The van der Waals surface area contributed by atoms with E-state index < -0.39 is 0 Å². The van der Waals surface area contributed by atoms with E-state index in [1.54, 1.807) is 6.08 Å². The van der Waals surface area contributed by atoms with Gasteiger partial charge < -0.3 is 5.73 Å². The number of aryl methyl sites for hydroxylation is 2. The van der Waals surface area contributed by atoms with E-state index in [1.807, 2.05) is 19.9 Å². The predicted molar refractivity (Wildman–Crippen MR) is 48.2 cm³/mol. The predicted octanol–water partition coefficient (Wildman–Crippen LogP) is 1.92. The number of anilines is 1. The third-order valence-corrected chi connectivity index (χ3v) is 1.63. The number of pyridine rings is 1. The molecule has 0 unspecified atom stereocenters. The SMILES string of the molecule is C=Cc1c(C)cc(C)nc1N. The second-order valence-electron chi connectivity index (χ2n) is 2.58. The van der Waals surface area contributed by atoms with Crippen molar-refractivity contribution in [2.45, 2.75) is 13.8 Å². The highest BCUT2D eigenvalue weighted by atomic mass is 14.8. The van der Waals surface area contributed by atoms with Gasteiger partial charge in [-0.1, -0.05) is 12.7 Å². The maximum Gasteiger partial charge on any atom is 0.131 e. The molecular weight excluding hydrogens is 136 g/mol. The van der Waals surface area contributed by atoms with Gasteiger partial charge in [0.25, 0.3) is 0 Å². The van der Waals surface area contributed by atoms with Crippen molar-refractivity contribution in [1.82, 2.24) is 4.98 Å².